The summed E-state index contributed by atoms with van der Waals surface area (Å²) in [6.45, 7) is 8.08. The monoisotopic (exact) mass is 573 g/mol. The Morgan fingerprint density at radius 1 is 0.974 bits per heavy atom. The standard InChI is InChI=1S/C29H33ClFN3O4S/c1-20-25(30)12-9-13-26(20)34(39(37,38)24-10-7-6-8-11-24)19-27(35)33(18-22-14-16-23(31)17-15-22)21(2)28(36)32-29(3,4)5/h6-17,21H,18-19H2,1-5H3,(H,32,36)/t21-/m0/s1. The van der Waals surface area contributed by atoms with E-state index in [1.54, 1.807) is 50.2 Å². The Morgan fingerprint density at radius 2 is 1.59 bits per heavy atom. The lowest BCUT2D eigenvalue weighted by Crippen LogP contribution is -2.54. The van der Waals surface area contributed by atoms with Gasteiger partial charge in [0, 0.05) is 17.1 Å². The van der Waals surface area contributed by atoms with Gasteiger partial charge < -0.3 is 10.2 Å². The van der Waals surface area contributed by atoms with Crippen LogP contribution in [0.1, 0.15) is 38.8 Å². The second kappa shape index (κ2) is 12.2. The first-order valence-corrected chi connectivity index (χ1v) is 14.2. The van der Waals surface area contributed by atoms with Crippen molar-refractivity contribution in [3.63, 3.8) is 0 Å². The SMILES string of the molecule is Cc1c(Cl)cccc1N(CC(=O)N(Cc1ccc(F)cc1)[C@@H](C)C(=O)NC(C)(C)C)S(=O)(=O)c1ccccc1. The van der Waals surface area contributed by atoms with E-state index >= 15 is 0 Å². The molecule has 3 aromatic carbocycles. The van der Waals surface area contributed by atoms with Crippen molar-refractivity contribution < 1.29 is 22.4 Å². The molecular formula is C29H33ClFN3O4S. The van der Waals surface area contributed by atoms with Crippen molar-refractivity contribution in [3.05, 3.63) is 94.8 Å². The molecule has 2 amide bonds. The maximum atomic E-state index is 13.9. The molecule has 1 N–H and O–H groups in total. The summed E-state index contributed by atoms with van der Waals surface area (Å²) < 4.78 is 42.2. The number of halogens is 2. The minimum atomic E-state index is -4.20. The zero-order chi connectivity index (χ0) is 29.0. The van der Waals surface area contributed by atoms with E-state index in [-0.39, 0.29) is 17.1 Å². The smallest absolute Gasteiger partial charge is 0.264 e. The Kier molecular flexibility index (Phi) is 9.40. The van der Waals surface area contributed by atoms with Gasteiger partial charge in [-0.3, -0.25) is 13.9 Å². The molecule has 3 aromatic rings. The van der Waals surface area contributed by atoms with Gasteiger partial charge in [0.1, 0.15) is 18.4 Å². The zero-order valence-corrected chi connectivity index (χ0v) is 24.2. The fraction of sp³-hybridized carbons (Fsp3) is 0.310. The highest BCUT2D eigenvalue weighted by Gasteiger charge is 2.34. The van der Waals surface area contributed by atoms with Crippen LogP contribution >= 0.6 is 11.6 Å². The average molecular weight is 574 g/mol. The summed E-state index contributed by atoms with van der Waals surface area (Å²) in [6.07, 6.45) is 0. The third-order valence-electron chi connectivity index (χ3n) is 6.05. The number of amides is 2. The molecule has 7 nitrogen and oxygen atoms in total. The predicted octanol–water partition coefficient (Wildman–Crippen LogP) is 5.31. The van der Waals surface area contributed by atoms with Crippen LogP contribution in [0.3, 0.4) is 0 Å². The van der Waals surface area contributed by atoms with Crippen LogP contribution in [0, 0.1) is 12.7 Å². The molecule has 208 valence electrons. The van der Waals surface area contributed by atoms with Crippen LogP contribution in [-0.4, -0.2) is 43.3 Å². The number of hydrogen-bond donors (Lipinski definition) is 1. The summed E-state index contributed by atoms with van der Waals surface area (Å²) in [5.74, 6) is -1.46. The lowest BCUT2D eigenvalue weighted by atomic mass is 10.1. The van der Waals surface area contributed by atoms with Crippen molar-refractivity contribution >= 4 is 39.1 Å². The summed E-state index contributed by atoms with van der Waals surface area (Å²) in [5.41, 5.74) is 0.746. The minimum Gasteiger partial charge on any atom is -0.350 e. The molecule has 0 spiro atoms. The van der Waals surface area contributed by atoms with Crippen LogP contribution in [0.15, 0.2) is 77.7 Å². The number of rotatable bonds is 9. The molecule has 0 heterocycles. The molecule has 39 heavy (non-hydrogen) atoms. The number of sulfonamides is 1. The molecule has 0 bridgehead atoms. The summed E-state index contributed by atoms with van der Waals surface area (Å²) in [5, 5.41) is 3.21. The van der Waals surface area contributed by atoms with Crippen molar-refractivity contribution in [3.8, 4) is 0 Å². The van der Waals surface area contributed by atoms with E-state index in [0.717, 1.165) is 4.31 Å². The predicted molar refractivity (Wildman–Crippen MR) is 151 cm³/mol. The van der Waals surface area contributed by atoms with Crippen LogP contribution < -0.4 is 9.62 Å². The van der Waals surface area contributed by atoms with E-state index in [1.165, 1.54) is 41.3 Å². The highest BCUT2D eigenvalue weighted by atomic mass is 35.5. The first-order valence-electron chi connectivity index (χ1n) is 12.4. The van der Waals surface area contributed by atoms with Gasteiger partial charge in [-0.05, 0) is 82.1 Å². The summed E-state index contributed by atoms with van der Waals surface area (Å²) in [7, 11) is -4.20. The normalized spacial score (nSPS) is 12.5. The van der Waals surface area contributed by atoms with Gasteiger partial charge in [0.05, 0.1) is 10.6 Å². The molecule has 0 aliphatic carbocycles. The largest absolute Gasteiger partial charge is 0.350 e. The highest BCUT2D eigenvalue weighted by molar-refractivity contribution is 7.92. The molecule has 0 aliphatic rings. The van der Waals surface area contributed by atoms with Crippen molar-refractivity contribution in [1.29, 1.82) is 0 Å². The number of nitrogens with one attached hydrogen (secondary N) is 1. The number of anilines is 1. The Hall–Kier alpha value is -3.43. The molecule has 1 atom stereocenters. The van der Waals surface area contributed by atoms with Gasteiger partial charge in [-0.1, -0.05) is 48.0 Å². The molecule has 0 aliphatic heterocycles. The van der Waals surface area contributed by atoms with Crippen LogP contribution in [0.4, 0.5) is 10.1 Å². The van der Waals surface area contributed by atoms with Gasteiger partial charge in [-0.25, -0.2) is 12.8 Å². The molecule has 3 rings (SSSR count). The van der Waals surface area contributed by atoms with Crippen LogP contribution in [-0.2, 0) is 26.2 Å². The molecule has 0 saturated heterocycles. The maximum absolute atomic E-state index is 13.9. The van der Waals surface area contributed by atoms with Gasteiger partial charge in [0.25, 0.3) is 10.0 Å². The fourth-order valence-electron chi connectivity index (χ4n) is 3.94. The molecule has 10 heteroatoms. The van der Waals surface area contributed by atoms with Gasteiger partial charge in [-0.15, -0.1) is 0 Å². The van der Waals surface area contributed by atoms with Crippen molar-refractivity contribution in [1.82, 2.24) is 10.2 Å². The average Bonchev–Trinajstić information content (AvgIpc) is 2.87. The molecule has 0 aromatic heterocycles. The second-order valence-corrected chi connectivity index (χ2v) is 12.5. The van der Waals surface area contributed by atoms with Gasteiger partial charge in [0.2, 0.25) is 11.8 Å². The lowest BCUT2D eigenvalue weighted by Gasteiger charge is -2.34. The van der Waals surface area contributed by atoms with E-state index in [4.69, 9.17) is 11.6 Å². The van der Waals surface area contributed by atoms with Crippen molar-refractivity contribution in [2.45, 2.75) is 57.6 Å². The quantitative estimate of drug-likeness (QED) is 0.376. The lowest BCUT2D eigenvalue weighted by molar-refractivity contribution is -0.140. The van der Waals surface area contributed by atoms with Crippen LogP contribution in [0.5, 0.6) is 0 Å². The first kappa shape index (κ1) is 30.1. The maximum Gasteiger partial charge on any atom is 0.264 e. The number of benzene rings is 3. The number of nitrogens with zero attached hydrogens (tertiary/aromatic N) is 2. The third kappa shape index (κ3) is 7.58. The van der Waals surface area contributed by atoms with E-state index in [9.17, 15) is 22.4 Å². The summed E-state index contributed by atoms with van der Waals surface area (Å²) in [6, 6.07) is 17.2. The van der Waals surface area contributed by atoms with E-state index in [2.05, 4.69) is 5.32 Å². The van der Waals surface area contributed by atoms with E-state index in [0.29, 0.717) is 16.1 Å². The molecule has 0 fully saturated rings. The second-order valence-electron chi connectivity index (χ2n) is 10.3. The van der Waals surface area contributed by atoms with Crippen LogP contribution in [0.25, 0.3) is 0 Å². The Balaban J connectivity index is 2.06. The number of carbonyl (C=O) groups excluding carboxylic acids is 2. The Morgan fingerprint density at radius 3 is 2.18 bits per heavy atom. The van der Waals surface area contributed by atoms with Gasteiger partial charge >= 0.3 is 0 Å². The molecule has 0 unspecified atom stereocenters. The zero-order valence-electron chi connectivity index (χ0n) is 22.6. The first-order chi connectivity index (χ1) is 18.2. The minimum absolute atomic E-state index is 0.000726. The molecular weight excluding hydrogens is 541 g/mol. The Labute approximate surface area is 234 Å². The third-order valence-corrected chi connectivity index (χ3v) is 8.23. The van der Waals surface area contributed by atoms with E-state index < -0.39 is 45.8 Å². The van der Waals surface area contributed by atoms with Crippen LogP contribution in [0.2, 0.25) is 5.02 Å². The Bertz CT molecular complexity index is 1430. The topological polar surface area (TPSA) is 86.8 Å². The van der Waals surface area contributed by atoms with Gasteiger partial charge in [-0.2, -0.15) is 0 Å². The number of carbonyl (C=O) groups is 2. The van der Waals surface area contributed by atoms with E-state index in [1.807, 2.05) is 20.8 Å². The van der Waals surface area contributed by atoms with Gasteiger partial charge in [0.15, 0.2) is 0 Å². The fourth-order valence-corrected chi connectivity index (χ4v) is 5.60. The summed E-state index contributed by atoms with van der Waals surface area (Å²) in [4.78, 5) is 28.3. The van der Waals surface area contributed by atoms with Crippen molar-refractivity contribution in [2.24, 2.45) is 0 Å². The number of hydrogen-bond acceptors (Lipinski definition) is 4. The molecule has 0 saturated carbocycles. The highest BCUT2D eigenvalue weighted by Crippen LogP contribution is 2.31. The van der Waals surface area contributed by atoms with Crippen molar-refractivity contribution in [2.75, 3.05) is 10.8 Å². The molecule has 0 radical (unpaired) electrons. The summed E-state index contributed by atoms with van der Waals surface area (Å²) >= 11 is 6.33.